The predicted molar refractivity (Wildman–Crippen MR) is 88.1 cm³/mol. The molecule has 0 aliphatic carbocycles. The second-order valence-electron chi connectivity index (χ2n) is 4.88. The number of benzene rings is 2. The molecule has 0 fully saturated rings. The van der Waals surface area contributed by atoms with Crippen molar-refractivity contribution in [2.75, 3.05) is 18.1 Å². The molecule has 2 rings (SSSR count). The molecule has 24 heavy (non-hydrogen) atoms. The third kappa shape index (κ3) is 3.84. The third-order valence-corrected chi connectivity index (χ3v) is 5.61. The predicted octanol–water partition coefficient (Wildman–Crippen LogP) is 1.77. The lowest BCUT2D eigenvalue weighted by Gasteiger charge is -2.13. The largest absolute Gasteiger partial charge is 0.495 e. The molecule has 2 aromatic rings. The van der Waals surface area contributed by atoms with Crippen molar-refractivity contribution >= 4 is 25.5 Å². The van der Waals surface area contributed by atoms with E-state index in [1.807, 2.05) is 6.07 Å². The van der Waals surface area contributed by atoms with Crippen molar-refractivity contribution < 1.29 is 21.6 Å². The number of nitrogens with zero attached hydrogens (tertiary/aromatic N) is 1. The van der Waals surface area contributed by atoms with Crippen molar-refractivity contribution in [1.29, 1.82) is 5.26 Å². The first-order valence-corrected chi connectivity index (χ1v) is 9.96. The van der Waals surface area contributed by atoms with E-state index in [1.165, 1.54) is 43.5 Å². The third-order valence-electron chi connectivity index (χ3n) is 3.10. The maximum absolute atomic E-state index is 12.6. The zero-order chi connectivity index (χ0) is 18.0. The number of ether oxygens (including phenoxy) is 1. The summed E-state index contributed by atoms with van der Waals surface area (Å²) in [5.74, 6) is 0.00587. The van der Waals surface area contributed by atoms with Crippen LogP contribution >= 0.6 is 0 Å². The average molecular weight is 366 g/mol. The van der Waals surface area contributed by atoms with E-state index in [-0.39, 0.29) is 26.8 Å². The number of sulfone groups is 1. The molecular formula is C15H14N2O5S2. The molecule has 9 heteroatoms. The van der Waals surface area contributed by atoms with E-state index in [9.17, 15) is 16.8 Å². The number of nitriles is 1. The number of methoxy groups -OCH3 is 1. The van der Waals surface area contributed by atoms with Crippen LogP contribution in [-0.4, -0.2) is 30.2 Å². The van der Waals surface area contributed by atoms with Gasteiger partial charge in [-0.2, -0.15) is 5.26 Å². The molecule has 0 radical (unpaired) electrons. The highest BCUT2D eigenvalue weighted by atomic mass is 32.2. The van der Waals surface area contributed by atoms with E-state index in [0.29, 0.717) is 0 Å². The summed E-state index contributed by atoms with van der Waals surface area (Å²) >= 11 is 0. The molecule has 2 aromatic carbocycles. The van der Waals surface area contributed by atoms with Gasteiger partial charge in [-0.3, -0.25) is 4.72 Å². The van der Waals surface area contributed by atoms with E-state index in [0.717, 1.165) is 12.3 Å². The summed E-state index contributed by atoms with van der Waals surface area (Å²) in [6.45, 7) is 0. The SMILES string of the molecule is COc1ccc(S(C)(=O)=O)cc1S(=O)(=O)Nc1cccc(C#N)c1. The molecule has 0 aromatic heterocycles. The molecule has 0 heterocycles. The Labute approximate surface area is 140 Å². The molecule has 0 aliphatic heterocycles. The van der Waals surface area contributed by atoms with Crippen LogP contribution in [0.2, 0.25) is 0 Å². The van der Waals surface area contributed by atoms with Gasteiger partial charge in [0.1, 0.15) is 10.6 Å². The first kappa shape index (κ1) is 17.8. The van der Waals surface area contributed by atoms with Gasteiger partial charge in [-0.15, -0.1) is 0 Å². The number of sulfonamides is 1. The standard InChI is InChI=1S/C15H14N2O5S2/c1-22-14-7-6-13(23(2,18)19)9-15(14)24(20,21)17-12-5-3-4-11(8-12)10-16/h3-9,17H,1-2H3. The fourth-order valence-corrected chi connectivity index (χ4v) is 3.93. The Balaban J connectivity index is 2.54. The van der Waals surface area contributed by atoms with Crippen molar-refractivity contribution in [3.63, 3.8) is 0 Å². The van der Waals surface area contributed by atoms with Crippen molar-refractivity contribution in [2.24, 2.45) is 0 Å². The minimum Gasteiger partial charge on any atom is -0.495 e. The topological polar surface area (TPSA) is 113 Å². The number of nitrogens with one attached hydrogen (secondary N) is 1. The second kappa shape index (κ2) is 6.51. The minimum absolute atomic E-state index is 0.00587. The van der Waals surface area contributed by atoms with Gasteiger partial charge in [0.2, 0.25) is 0 Å². The van der Waals surface area contributed by atoms with Crippen molar-refractivity contribution in [1.82, 2.24) is 0 Å². The quantitative estimate of drug-likeness (QED) is 0.863. The molecule has 0 aliphatic rings. The Bertz CT molecular complexity index is 1020. The summed E-state index contributed by atoms with van der Waals surface area (Å²) in [6, 6.07) is 11.4. The van der Waals surface area contributed by atoms with Gasteiger partial charge >= 0.3 is 0 Å². The Morgan fingerprint density at radius 2 is 1.79 bits per heavy atom. The zero-order valence-corrected chi connectivity index (χ0v) is 14.5. The monoisotopic (exact) mass is 366 g/mol. The van der Waals surface area contributed by atoms with E-state index in [2.05, 4.69) is 4.72 Å². The summed E-state index contributed by atoms with van der Waals surface area (Å²) in [5, 5.41) is 8.87. The molecule has 0 unspecified atom stereocenters. The zero-order valence-electron chi connectivity index (χ0n) is 12.8. The van der Waals surface area contributed by atoms with Gasteiger partial charge < -0.3 is 4.74 Å². The van der Waals surface area contributed by atoms with Crippen LogP contribution < -0.4 is 9.46 Å². The van der Waals surface area contributed by atoms with Gasteiger partial charge in [0, 0.05) is 6.26 Å². The van der Waals surface area contributed by atoms with Gasteiger partial charge in [-0.25, -0.2) is 16.8 Å². The molecule has 0 atom stereocenters. The molecule has 0 amide bonds. The van der Waals surface area contributed by atoms with E-state index >= 15 is 0 Å². The summed E-state index contributed by atoms with van der Waals surface area (Å²) in [4.78, 5) is -0.454. The van der Waals surface area contributed by atoms with Crippen molar-refractivity contribution in [3.8, 4) is 11.8 Å². The van der Waals surface area contributed by atoms with Gasteiger partial charge in [0.25, 0.3) is 10.0 Å². The van der Waals surface area contributed by atoms with Crippen LogP contribution in [0, 0.1) is 11.3 Å². The molecule has 0 saturated carbocycles. The van der Waals surface area contributed by atoms with Crippen molar-refractivity contribution in [3.05, 3.63) is 48.0 Å². The fourth-order valence-electron chi connectivity index (χ4n) is 1.96. The van der Waals surface area contributed by atoms with Crippen LogP contribution in [0.5, 0.6) is 5.75 Å². The molecule has 1 N–H and O–H groups in total. The number of hydrogen-bond donors (Lipinski definition) is 1. The maximum atomic E-state index is 12.6. The fraction of sp³-hybridized carbons (Fsp3) is 0.133. The summed E-state index contributed by atoms with van der Waals surface area (Å²) in [5.41, 5.74) is 0.466. The van der Waals surface area contributed by atoms with Crippen LogP contribution in [0.25, 0.3) is 0 Å². The van der Waals surface area contributed by atoms with Gasteiger partial charge in [-0.1, -0.05) is 6.07 Å². The summed E-state index contributed by atoms with van der Waals surface area (Å²) < 4.78 is 55.8. The van der Waals surface area contributed by atoms with E-state index in [4.69, 9.17) is 10.00 Å². The molecule has 7 nitrogen and oxygen atoms in total. The van der Waals surface area contributed by atoms with E-state index in [1.54, 1.807) is 0 Å². The first-order chi connectivity index (χ1) is 11.2. The molecule has 0 spiro atoms. The van der Waals surface area contributed by atoms with Gasteiger partial charge in [0.05, 0.1) is 29.3 Å². The molecular weight excluding hydrogens is 352 g/mol. The normalized spacial score (nSPS) is 11.5. The Kier molecular flexibility index (Phi) is 4.82. The minimum atomic E-state index is -4.11. The Hall–Kier alpha value is -2.57. The van der Waals surface area contributed by atoms with Crippen LogP contribution in [-0.2, 0) is 19.9 Å². The Morgan fingerprint density at radius 3 is 2.38 bits per heavy atom. The number of hydrogen-bond acceptors (Lipinski definition) is 6. The number of rotatable bonds is 5. The van der Waals surface area contributed by atoms with Crippen molar-refractivity contribution in [2.45, 2.75) is 9.79 Å². The highest BCUT2D eigenvalue weighted by molar-refractivity contribution is 7.93. The average Bonchev–Trinajstić information content (AvgIpc) is 2.53. The highest BCUT2D eigenvalue weighted by Crippen LogP contribution is 2.28. The lowest BCUT2D eigenvalue weighted by Crippen LogP contribution is -2.15. The van der Waals surface area contributed by atoms with Crippen LogP contribution in [0.15, 0.2) is 52.3 Å². The van der Waals surface area contributed by atoms with Crippen LogP contribution in [0.1, 0.15) is 5.56 Å². The first-order valence-electron chi connectivity index (χ1n) is 6.58. The smallest absolute Gasteiger partial charge is 0.265 e. The molecule has 0 saturated heterocycles. The number of anilines is 1. The lowest BCUT2D eigenvalue weighted by atomic mass is 10.2. The van der Waals surface area contributed by atoms with Gasteiger partial charge in [-0.05, 0) is 36.4 Å². The second-order valence-corrected chi connectivity index (χ2v) is 8.55. The molecule has 126 valence electrons. The van der Waals surface area contributed by atoms with Crippen LogP contribution in [0.3, 0.4) is 0 Å². The Morgan fingerprint density at radius 1 is 1.08 bits per heavy atom. The highest BCUT2D eigenvalue weighted by Gasteiger charge is 2.22. The maximum Gasteiger partial charge on any atom is 0.265 e. The lowest BCUT2D eigenvalue weighted by molar-refractivity contribution is 0.402. The summed E-state index contributed by atoms with van der Waals surface area (Å²) in [6.07, 6.45) is 0.981. The molecule has 0 bridgehead atoms. The van der Waals surface area contributed by atoms with E-state index < -0.39 is 19.9 Å². The van der Waals surface area contributed by atoms with Crippen LogP contribution in [0.4, 0.5) is 5.69 Å². The van der Waals surface area contributed by atoms with Gasteiger partial charge in [0.15, 0.2) is 9.84 Å². The summed E-state index contributed by atoms with van der Waals surface area (Å²) in [7, 11) is -6.42.